The number of nitriles is 1. The molecule has 4 heteroatoms. The van der Waals surface area contributed by atoms with Gasteiger partial charge in [0.1, 0.15) is 5.82 Å². The summed E-state index contributed by atoms with van der Waals surface area (Å²) in [4.78, 5) is 2.26. The summed E-state index contributed by atoms with van der Waals surface area (Å²) in [5.41, 5.74) is 2.02. The number of rotatable bonds is 6. The van der Waals surface area contributed by atoms with Gasteiger partial charge >= 0.3 is 0 Å². The predicted molar refractivity (Wildman–Crippen MR) is 74.5 cm³/mol. The fraction of sp³-hybridized carbons (Fsp3) is 0.533. The van der Waals surface area contributed by atoms with Crippen molar-refractivity contribution in [2.45, 2.75) is 38.3 Å². The van der Waals surface area contributed by atoms with Gasteiger partial charge in [-0.05, 0) is 50.6 Å². The van der Waals surface area contributed by atoms with Gasteiger partial charge in [0, 0.05) is 24.3 Å². The second-order valence-electron chi connectivity index (χ2n) is 5.05. The second kappa shape index (κ2) is 6.03. The normalized spacial score (nSPS) is 15.9. The third kappa shape index (κ3) is 3.24. The molecule has 1 aromatic carbocycles. The SMILES string of the molecule is CNC(C)c1cc(F)ccc1N(CCC#N)C1CC1. The van der Waals surface area contributed by atoms with Crippen molar-refractivity contribution < 1.29 is 4.39 Å². The Balaban J connectivity index is 2.32. The second-order valence-corrected chi connectivity index (χ2v) is 5.05. The molecular weight excluding hydrogens is 241 g/mol. The summed E-state index contributed by atoms with van der Waals surface area (Å²) in [5.74, 6) is -0.211. The topological polar surface area (TPSA) is 39.1 Å². The van der Waals surface area contributed by atoms with Crippen LogP contribution in [0, 0.1) is 17.1 Å². The first-order chi connectivity index (χ1) is 9.17. The molecule has 3 nitrogen and oxygen atoms in total. The van der Waals surface area contributed by atoms with Gasteiger partial charge < -0.3 is 10.2 Å². The van der Waals surface area contributed by atoms with Crippen LogP contribution in [0.15, 0.2) is 18.2 Å². The number of anilines is 1. The first-order valence-corrected chi connectivity index (χ1v) is 6.77. The van der Waals surface area contributed by atoms with Gasteiger partial charge in [-0.25, -0.2) is 4.39 Å². The van der Waals surface area contributed by atoms with Gasteiger partial charge in [0.25, 0.3) is 0 Å². The first kappa shape index (κ1) is 13.8. The summed E-state index contributed by atoms with van der Waals surface area (Å²) in [6.07, 6.45) is 2.83. The highest BCUT2D eigenvalue weighted by molar-refractivity contribution is 5.57. The van der Waals surface area contributed by atoms with Gasteiger partial charge in [0.05, 0.1) is 12.5 Å². The maximum Gasteiger partial charge on any atom is 0.123 e. The summed E-state index contributed by atoms with van der Waals surface area (Å²) in [6.45, 7) is 2.74. The first-order valence-electron chi connectivity index (χ1n) is 6.77. The Kier molecular flexibility index (Phi) is 4.39. The molecule has 1 fully saturated rings. The zero-order chi connectivity index (χ0) is 13.8. The van der Waals surface area contributed by atoms with Gasteiger partial charge in [-0.3, -0.25) is 0 Å². The lowest BCUT2D eigenvalue weighted by Gasteiger charge is -2.28. The Hall–Kier alpha value is -1.60. The summed E-state index contributed by atoms with van der Waals surface area (Å²) < 4.78 is 13.5. The minimum absolute atomic E-state index is 0.0917. The van der Waals surface area contributed by atoms with E-state index in [0.29, 0.717) is 12.5 Å². The van der Waals surface area contributed by atoms with Crippen LogP contribution < -0.4 is 10.2 Å². The third-order valence-electron chi connectivity index (χ3n) is 3.65. The van der Waals surface area contributed by atoms with E-state index in [1.807, 2.05) is 20.0 Å². The molecule has 0 heterocycles. The fourth-order valence-electron chi connectivity index (χ4n) is 2.35. The molecule has 1 N–H and O–H groups in total. The van der Waals surface area contributed by atoms with Crippen LogP contribution in [0.5, 0.6) is 0 Å². The molecule has 0 bridgehead atoms. The third-order valence-corrected chi connectivity index (χ3v) is 3.65. The van der Waals surface area contributed by atoms with Crippen LogP contribution in [0.3, 0.4) is 0 Å². The van der Waals surface area contributed by atoms with Gasteiger partial charge in [0.2, 0.25) is 0 Å². The Morgan fingerprint density at radius 3 is 2.84 bits per heavy atom. The van der Waals surface area contributed by atoms with Crippen molar-refractivity contribution >= 4 is 5.69 Å². The number of halogens is 1. The van der Waals surface area contributed by atoms with E-state index in [1.54, 1.807) is 6.07 Å². The molecule has 1 aliphatic rings. The van der Waals surface area contributed by atoms with Crippen LogP contribution >= 0.6 is 0 Å². The van der Waals surface area contributed by atoms with E-state index in [-0.39, 0.29) is 11.9 Å². The molecule has 0 saturated heterocycles. The van der Waals surface area contributed by atoms with Crippen molar-refractivity contribution in [3.05, 3.63) is 29.6 Å². The number of hydrogen-bond donors (Lipinski definition) is 1. The number of benzene rings is 1. The van der Waals surface area contributed by atoms with Gasteiger partial charge in [-0.15, -0.1) is 0 Å². The van der Waals surface area contributed by atoms with E-state index in [2.05, 4.69) is 16.3 Å². The van der Waals surface area contributed by atoms with E-state index in [4.69, 9.17) is 5.26 Å². The molecule has 1 saturated carbocycles. The van der Waals surface area contributed by atoms with Crippen LogP contribution in [-0.2, 0) is 0 Å². The zero-order valence-corrected chi connectivity index (χ0v) is 11.5. The van der Waals surface area contributed by atoms with Gasteiger partial charge in [-0.2, -0.15) is 5.26 Å². The Labute approximate surface area is 114 Å². The van der Waals surface area contributed by atoms with Crippen LogP contribution in [0.1, 0.15) is 37.8 Å². The number of nitrogens with one attached hydrogen (secondary N) is 1. The van der Waals surface area contributed by atoms with E-state index in [0.717, 1.165) is 30.6 Å². The quantitative estimate of drug-likeness (QED) is 0.855. The van der Waals surface area contributed by atoms with E-state index >= 15 is 0 Å². The Bertz CT molecular complexity index is 477. The molecule has 0 aliphatic heterocycles. The highest BCUT2D eigenvalue weighted by atomic mass is 19.1. The predicted octanol–water partition coefficient (Wildman–Crippen LogP) is 2.99. The molecule has 1 atom stereocenters. The maximum atomic E-state index is 13.5. The van der Waals surface area contributed by atoms with Crippen molar-refractivity contribution in [2.24, 2.45) is 0 Å². The minimum Gasteiger partial charge on any atom is -0.367 e. The van der Waals surface area contributed by atoms with Gasteiger partial charge in [-0.1, -0.05) is 0 Å². The van der Waals surface area contributed by atoms with Crippen molar-refractivity contribution in [3.8, 4) is 6.07 Å². The van der Waals surface area contributed by atoms with Crippen LogP contribution in [0.4, 0.5) is 10.1 Å². The highest BCUT2D eigenvalue weighted by Crippen LogP contribution is 2.36. The summed E-state index contributed by atoms with van der Waals surface area (Å²) in [6, 6.07) is 7.74. The summed E-state index contributed by atoms with van der Waals surface area (Å²) in [7, 11) is 1.87. The van der Waals surface area contributed by atoms with Crippen molar-refractivity contribution in [2.75, 3.05) is 18.5 Å². The lowest BCUT2D eigenvalue weighted by molar-refractivity contribution is 0.605. The molecule has 1 aliphatic carbocycles. The van der Waals surface area contributed by atoms with E-state index in [9.17, 15) is 4.39 Å². The molecule has 1 unspecified atom stereocenters. The summed E-state index contributed by atoms with van der Waals surface area (Å²) >= 11 is 0. The molecule has 19 heavy (non-hydrogen) atoms. The van der Waals surface area contributed by atoms with Crippen LogP contribution in [-0.4, -0.2) is 19.6 Å². The lowest BCUT2D eigenvalue weighted by atomic mass is 10.0. The molecule has 1 aromatic rings. The molecule has 0 aromatic heterocycles. The Morgan fingerprint density at radius 1 is 1.53 bits per heavy atom. The largest absolute Gasteiger partial charge is 0.367 e. The fourth-order valence-corrected chi connectivity index (χ4v) is 2.35. The van der Waals surface area contributed by atoms with Crippen LogP contribution in [0.2, 0.25) is 0 Å². The van der Waals surface area contributed by atoms with Crippen molar-refractivity contribution in [1.29, 1.82) is 5.26 Å². The Morgan fingerprint density at radius 2 is 2.26 bits per heavy atom. The van der Waals surface area contributed by atoms with Crippen LogP contribution in [0.25, 0.3) is 0 Å². The standard InChI is InChI=1S/C15H20FN3/c1-11(18-2)14-10-12(16)4-7-15(14)19(9-3-8-17)13-5-6-13/h4,7,10-11,13,18H,3,5-6,9H2,1-2H3. The number of hydrogen-bond acceptors (Lipinski definition) is 3. The highest BCUT2D eigenvalue weighted by Gasteiger charge is 2.30. The maximum absolute atomic E-state index is 13.5. The molecule has 0 spiro atoms. The average Bonchev–Trinajstić information content (AvgIpc) is 3.24. The molecule has 0 amide bonds. The smallest absolute Gasteiger partial charge is 0.123 e. The van der Waals surface area contributed by atoms with Gasteiger partial charge in [0.15, 0.2) is 0 Å². The average molecular weight is 261 g/mol. The monoisotopic (exact) mass is 261 g/mol. The minimum atomic E-state index is -0.211. The van der Waals surface area contributed by atoms with E-state index in [1.165, 1.54) is 6.07 Å². The zero-order valence-electron chi connectivity index (χ0n) is 11.5. The molecular formula is C15H20FN3. The molecule has 2 rings (SSSR count). The van der Waals surface area contributed by atoms with E-state index < -0.39 is 0 Å². The number of nitrogens with zero attached hydrogens (tertiary/aromatic N) is 2. The molecule has 0 radical (unpaired) electrons. The lowest BCUT2D eigenvalue weighted by Crippen LogP contribution is -2.29. The summed E-state index contributed by atoms with van der Waals surface area (Å²) in [5, 5.41) is 11.9. The molecule has 102 valence electrons. The van der Waals surface area contributed by atoms with Crippen molar-refractivity contribution in [3.63, 3.8) is 0 Å². The van der Waals surface area contributed by atoms with Crippen molar-refractivity contribution in [1.82, 2.24) is 5.32 Å².